The SMILES string of the molecule is CCOCOc1ccc2c3n(c(=N)nc2c1OC)CCN3. The van der Waals surface area contributed by atoms with E-state index < -0.39 is 0 Å². The van der Waals surface area contributed by atoms with Gasteiger partial charge < -0.3 is 19.5 Å². The lowest BCUT2D eigenvalue weighted by Crippen LogP contribution is -2.21. The van der Waals surface area contributed by atoms with E-state index in [0.717, 1.165) is 24.3 Å². The molecule has 0 atom stereocenters. The number of benzene rings is 1. The average Bonchev–Trinajstić information content (AvgIpc) is 2.97. The highest BCUT2D eigenvalue weighted by molar-refractivity contribution is 5.95. The fourth-order valence-corrected chi connectivity index (χ4v) is 2.47. The van der Waals surface area contributed by atoms with Crippen molar-refractivity contribution in [1.82, 2.24) is 9.55 Å². The number of methoxy groups -OCH3 is 1. The number of rotatable bonds is 5. The number of nitrogens with one attached hydrogen (secondary N) is 2. The second-order valence-electron chi connectivity index (χ2n) is 4.61. The summed E-state index contributed by atoms with van der Waals surface area (Å²) in [6, 6.07) is 3.77. The molecule has 1 aromatic carbocycles. The first-order chi connectivity index (χ1) is 10.3. The molecule has 1 aliphatic rings. The summed E-state index contributed by atoms with van der Waals surface area (Å²) in [6.07, 6.45) is 0. The molecule has 0 saturated heterocycles. The largest absolute Gasteiger partial charge is 0.491 e. The monoisotopic (exact) mass is 290 g/mol. The summed E-state index contributed by atoms with van der Waals surface area (Å²) >= 11 is 0. The van der Waals surface area contributed by atoms with E-state index in [-0.39, 0.29) is 12.4 Å². The molecule has 7 heteroatoms. The first-order valence-electron chi connectivity index (χ1n) is 6.86. The highest BCUT2D eigenvalue weighted by atomic mass is 16.7. The van der Waals surface area contributed by atoms with Gasteiger partial charge in [0.1, 0.15) is 11.3 Å². The molecule has 3 rings (SSSR count). The molecule has 0 radical (unpaired) electrons. The first-order valence-corrected chi connectivity index (χ1v) is 6.86. The van der Waals surface area contributed by atoms with Crippen molar-refractivity contribution in [2.45, 2.75) is 13.5 Å². The van der Waals surface area contributed by atoms with E-state index in [4.69, 9.17) is 19.6 Å². The van der Waals surface area contributed by atoms with E-state index >= 15 is 0 Å². The Morgan fingerprint density at radius 1 is 1.43 bits per heavy atom. The van der Waals surface area contributed by atoms with Crippen LogP contribution in [0.25, 0.3) is 10.9 Å². The fourth-order valence-electron chi connectivity index (χ4n) is 2.47. The third kappa shape index (κ3) is 2.29. The van der Waals surface area contributed by atoms with Gasteiger partial charge in [0.25, 0.3) is 0 Å². The molecule has 0 fully saturated rings. The van der Waals surface area contributed by atoms with Crippen LogP contribution in [0, 0.1) is 5.41 Å². The Hall–Kier alpha value is -2.28. The maximum atomic E-state index is 8.03. The molecule has 0 aliphatic carbocycles. The quantitative estimate of drug-likeness (QED) is 0.641. The first kappa shape index (κ1) is 13.7. The highest BCUT2D eigenvalue weighted by Gasteiger charge is 2.19. The molecular formula is C14H18N4O3. The molecule has 0 spiro atoms. The number of nitrogens with zero attached hydrogens (tertiary/aromatic N) is 2. The molecule has 1 aromatic heterocycles. The minimum atomic E-state index is 0.157. The zero-order chi connectivity index (χ0) is 14.8. The zero-order valence-corrected chi connectivity index (χ0v) is 12.1. The van der Waals surface area contributed by atoms with Gasteiger partial charge in [-0.3, -0.25) is 9.98 Å². The summed E-state index contributed by atoms with van der Waals surface area (Å²) in [7, 11) is 1.57. The zero-order valence-electron chi connectivity index (χ0n) is 12.1. The Bertz CT molecular complexity index is 726. The standard InChI is InChI=1S/C14H18N4O3/c1-3-20-8-21-10-5-4-9-11(12(10)19-2)17-14(15)18-7-6-16-13(9)18/h4-5,15-16H,3,6-8H2,1-2H3. The topological polar surface area (TPSA) is 81.4 Å². The molecule has 2 aromatic rings. The normalized spacial score (nSPS) is 13.0. The maximum absolute atomic E-state index is 8.03. The molecule has 0 bridgehead atoms. The number of fused-ring (bicyclic) bond motifs is 3. The lowest BCUT2D eigenvalue weighted by atomic mass is 10.2. The Morgan fingerprint density at radius 2 is 2.29 bits per heavy atom. The van der Waals surface area contributed by atoms with Gasteiger partial charge in [0.15, 0.2) is 18.3 Å². The number of anilines is 1. The van der Waals surface area contributed by atoms with Crippen LogP contribution in [-0.2, 0) is 11.3 Å². The highest BCUT2D eigenvalue weighted by Crippen LogP contribution is 2.36. The van der Waals surface area contributed by atoms with Gasteiger partial charge in [-0.2, -0.15) is 0 Å². The number of ether oxygens (including phenoxy) is 3. The van der Waals surface area contributed by atoms with E-state index in [1.807, 2.05) is 23.6 Å². The van der Waals surface area contributed by atoms with Crippen LogP contribution in [0.5, 0.6) is 11.5 Å². The lowest BCUT2D eigenvalue weighted by molar-refractivity contribution is 0.0210. The van der Waals surface area contributed by atoms with Gasteiger partial charge in [0, 0.05) is 25.1 Å². The third-order valence-electron chi connectivity index (χ3n) is 3.43. The van der Waals surface area contributed by atoms with Crippen LogP contribution < -0.4 is 20.4 Å². The van der Waals surface area contributed by atoms with E-state index in [1.54, 1.807) is 7.11 Å². The van der Waals surface area contributed by atoms with Crippen LogP contribution in [0.3, 0.4) is 0 Å². The summed E-state index contributed by atoms with van der Waals surface area (Å²) in [5.41, 5.74) is 0.833. The van der Waals surface area contributed by atoms with Crippen molar-refractivity contribution < 1.29 is 14.2 Å². The Kier molecular flexibility index (Phi) is 3.66. The van der Waals surface area contributed by atoms with Crippen LogP contribution in [0.15, 0.2) is 12.1 Å². The van der Waals surface area contributed by atoms with Crippen molar-refractivity contribution in [3.05, 3.63) is 17.8 Å². The van der Waals surface area contributed by atoms with Crippen molar-refractivity contribution in [3.8, 4) is 11.5 Å². The molecule has 1 aliphatic heterocycles. The average molecular weight is 290 g/mol. The molecule has 0 amide bonds. The minimum absolute atomic E-state index is 0.157. The van der Waals surface area contributed by atoms with Crippen LogP contribution in [-0.4, -0.2) is 36.6 Å². The molecule has 0 unspecified atom stereocenters. The van der Waals surface area contributed by atoms with E-state index in [2.05, 4.69) is 10.3 Å². The second-order valence-corrected chi connectivity index (χ2v) is 4.61. The Balaban J connectivity index is 2.13. The van der Waals surface area contributed by atoms with Crippen molar-refractivity contribution in [1.29, 1.82) is 5.41 Å². The molecule has 21 heavy (non-hydrogen) atoms. The Morgan fingerprint density at radius 3 is 3.05 bits per heavy atom. The molecule has 2 N–H and O–H groups in total. The third-order valence-corrected chi connectivity index (χ3v) is 3.43. The van der Waals surface area contributed by atoms with Gasteiger partial charge in [-0.05, 0) is 19.1 Å². The Labute approximate surface area is 122 Å². The van der Waals surface area contributed by atoms with E-state index in [0.29, 0.717) is 23.6 Å². The van der Waals surface area contributed by atoms with Crippen molar-refractivity contribution in [2.24, 2.45) is 0 Å². The fraction of sp³-hybridized carbons (Fsp3) is 0.429. The van der Waals surface area contributed by atoms with E-state index in [1.165, 1.54) is 0 Å². The van der Waals surface area contributed by atoms with Crippen molar-refractivity contribution in [2.75, 3.05) is 32.4 Å². The van der Waals surface area contributed by atoms with Gasteiger partial charge >= 0.3 is 0 Å². The number of hydrogen-bond donors (Lipinski definition) is 2. The van der Waals surface area contributed by atoms with Crippen LogP contribution >= 0.6 is 0 Å². The number of hydrogen-bond acceptors (Lipinski definition) is 6. The summed E-state index contributed by atoms with van der Waals surface area (Å²) in [6.45, 7) is 4.20. The predicted octanol–water partition coefficient (Wildman–Crippen LogP) is 1.32. The van der Waals surface area contributed by atoms with Crippen LogP contribution in [0.2, 0.25) is 0 Å². The predicted molar refractivity (Wildman–Crippen MR) is 77.8 cm³/mol. The molecular weight excluding hydrogens is 272 g/mol. The van der Waals surface area contributed by atoms with Gasteiger partial charge in [-0.25, -0.2) is 4.98 Å². The van der Waals surface area contributed by atoms with Gasteiger partial charge in [-0.15, -0.1) is 0 Å². The van der Waals surface area contributed by atoms with Crippen molar-refractivity contribution >= 4 is 16.7 Å². The van der Waals surface area contributed by atoms with Crippen LogP contribution in [0.4, 0.5) is 5.82 Å². The van der Waals surface area contributed by atoms with Crippen LogP contribution in [0.1, 0.15) is 6.92 Å². The summed E-state index contributed by atoms with van der Waals surface area (Å²) in [5.74, 6) is 1.99. The smallest absolute Gasteiger partial charge is 0.224 e. The minimum Gasteiger partial charge on any atom is -0.491 e. The van der Waals surface area contributed by atoms with Crippen molar-refractivity contribution in [3.63, 3.8) is 0 Å². The van der Waals surface area contributed by atoms with Gasteiger partial charge in [-0.1, -0.05) is 0 Å². The summed E-state index contributed by atoms with van der Waals surface area (Å²) in [4.78, 5) is 4.35. The lowest BCUT2D eigenvalue weighted by Gasteiger charge is -2.14. The molecule has 0 saturated carbocycles. The second kappa shape index (κ2) is 5.61. The molecule has 7 nitrogen and oxygen atoms in total. The maximum Gasteiger partial charge on any atom is 0.224 e. The molecule has 112 valence electrons. The number of aromatic nitrogens is 2. The molecule has 2 heterocycles. The summed E-state index contributed by atoms with van der Waals surface area (Å²) in [5, 5.41) is 12.2. The van der Waals surface area contributed by atoms with Gasteiger partial charge in [0.05, 0.1) is 7.11 Å². The van der Waals surface area contributed by atoms with Gasteiger partial charge in [0.2, 0.25) is 5.62 Å². The van der Waals surface area contributed by atoms with E-state index in [9.17, 15) is 0 Å². The summed E-state index contributed by atoms with van der Waals surface area (Å²) < 4.78 is 18.0.